The quantitative estimate of drug-likeness (QED) is 0.313. The van der Waals surface area contributed by atoms with Crippen molar-refractivity contribution in [3.8, 4) is 5.75 Å². The van der Waals surface area contributed by atoms with E-state index in [0.717, 1.165) is 16.1 Å². The van der Waals surface area contributed by atoms with Gasteiger partial charge in [0.25, 0.3) is 0 Å². The zero-order chi connectivity index (χ0) is 30.4. The van der Waals surface area contributed by atoms with Crippen LogP contribution in [0.3, 0.4) is 0 Å². The molecule has 0 aliphatic carbocycles. The highest BCUT2D eigenvalue weighted by Crippen LogP contribution is 2.26. The lowest BCUT2D eigenvalue weighted by Crippen LogP contribution is -2.56. The monoisotopic (exact) mass is 619 g/mol. The number of halogens is 2. The highest BCUT2D eigenvalue weighted by Gasteiger charge is 2.34. The highest BCUT2D eigenvalue weighted by molar-refractivity contribution is 7.92. The van der Waals surface area contributed by atoms with Crippen LogP contribution in [0.15, 0.2) is 72.8 Å². The Hall–Kier alpha value is -3.27. The number of benzene rings is 3. The molecule has 3 aromatic carbocycles. The van der Waals surface area contributed by atoms with Crippen molar-refractivity contribution >= 4 is 50.7 Å². The SMILES string of the molecule is COc1ccc(N(CC(=O)N(Cc2ccc(Cl)cc2Cl)C(Cc2ccccc2)C(=O)NC(C)(C)C)S(C)(=O)=O)cc1. The molecule has 0 radical (unpaired) electrons. The lowest BCUT2D eigenvalue weighted by Gasteiger charge is -2.35. The van der Waals surface area contributed by atoms with E-state index in [2.05, 4.69) is 5.32 Å². The van der Waals surface area contributed by atoms with Gasteiger partial charge in [0, 0.05) is 28.5 Å². The van der Waals surface area contributed by atoms with Gasteiger partial charge < -0.3 is 15.0 Å². The first-order valence-electron chi connectivity index (χ1n) is 12.9. The lowest BCUT2D eigenvalue weighted by atomic mass is 10.0. The number of methoxy groups -OCH3 is 1. The van der Waals surface area contributed by atoms with Crippen LogP contribution in [0, 0.1) is 0 Å². The molecule has 0 aromatic heterocycles. The molecule has 0 fully saturated rings. The molecule has 3 aromatic rings. The van der Waals surface area contributed by atoms with Gasteiger partial charge in [-0.2, -0.15) is 0 Å². The molecule has 0 spiro atoms. The predicted octanol–water partition coefficient (Wildman–Crippen LogP) is 5.32. The van der Waals surface area contributed by atoms with Crippen molar-refractivity contribution in [3.63, 3.8) is 0 Å². The van der Waals surface area contributed by atoms with Gasteiger partial charge in [-0.15, -0.1) is 0 Å². The van der Waals surface area contributed by atoms with Crippen molar-refractivity contribution in [3.05, 3.63) is 94.0 Å². The van der Waals surface area contributed by atoms with Gasteiger partial charge in [0.15, 0.2) is 0 Å². The van der Waals surface area contributed by atoms with Crippen LogP contribution in [-0.2, 0) is 32.6 Å². The molecule has 3 rings (SSSR count). The van der Waals surface area contributed by atoms with E-state index >= 15 is 0 Å². The lowest BCUT2D eigenvalue weighted by molar-refractivity contribution is -0.140. The van der Waals surface area contributed by atoms with E-state index in [1.54, 1.807) is 42.5 Å². The third kappa shape index (κ3) is 9.38. The fraction of sp³-hybridized carbons (Fsp3) is 0.333. The van der Waals surface area contributed by atoms with E-state index < -0.39 is 34.1 Å². The average Bonchev–Trinajstić information content (AvgIpc) is 2.89. The van der Waals surface area contributed by atoms with Crippen molar-refractivity contribution in [2.75, 3.05) is 24.2 Å². The summed E-state index contributed by atoms with van der Waals surface area (Å²) in [6.45, 7) is 4.96. The number of nitrogens with one attached hydrogen (secondary N) is 1. The first-order chi connectivity index (χ1) is 19.2. The Morgan fingerprint density at radius 1 is 0.976 bits per heavy atom. The number of ether oxygens (including phenoxy) is 1. The first kappa shape index (κ1) is 32.2. The summed E-state index contributed by atoms with van der Waals surface area (Å²) in [5.74, 6) is -0.424. The zero-order valence-electron chi connectivity index (χ0n) is 23.7. The van der Waals surface area contributed by atoms with Gasteiger partial charge in [0.05, 0.1) is 19.1 Å². The molecule has 1 atom stereocenters. The van der Waals surface area contributed by atoms with Gasteiger partial charge in [-0.3, -0.25) is 13.9 Å². The number of anilines is 1. The number of nitrogens with zero attached hydrogens (tertiary/aromatic N) is 2. The van der Waals surface area contributed by atoms with Crippen molar-refractivity contribution in [2.24, 2.45) is 0 Å². The van der Waals surface area contributed by atoms with Crippen molar-refractivity contribution in [1.82, 2.24) is 10.2 Å². The molecular formula is C30H35Cl2N3O5S. The molecular weight excluding hydrogens is 585 g/mol. The maximum absolute atomic E-state index is 14.1. The largest absolute Gasteiger partial charge is 0.497 e. The number of hydrogen-bond donors (Lipinski definition) is 1. The molecule has 1 unspecified atom stereocenters. The number of carbonyl (C=O) groups excluding carboxylic acids is 2. The van der Waals surface area contributed by atoms with Crippen LogP contribution in [0.1, 0.15) is 31.9 Å². The number of sulfonamides is 1. The summed E-state index contributed by atoms with van der Waals surface area (Å²) in [4.78, 5) is 29.3. The van der Waals surface area contributed by atoms with E-state index in [1.807, 2.05) is 51.1 Å². The molecule has 0 heterocycles. The topological polar surface area (TPSA) is 96.0 Å². The summed E-state index contributed by atoms with van der Waals surface area (Å²) < 4.78 is 32.0. The number of carbonyl (C=O) groups is 2. The second kappa shape index (κ2) is 13.6. The summed E-state index contributed by atoms with van der Waals surface area (Å²) >= 11 is 12.6. The van der Waals surface area contributed by atoms with Crippen molar-refractivity contribution in [1.29, 1.82) is 0 Å². The number of rotatable bonds is 11. The van der Waals surface area contributed by atoms with E-state index in [0.29, 0.717) is 21.4 Å². The molecule has 11 heteroatoms. The Labute approximate surface area is 252 Å². The maximum atomic E-state index is 14.1. The van der Waals surface area contributed by atoms with Crippen LogP contribution in [0.2, 0.25) is 10.0 Å². The third-order valence-corrected chi connectivity index (χ3v) is 7.89. The van der Waals surface area contributed by atoms with Gasteiger partial charge >= 0.3 is 0 Å². The normalized spacial score (nSPS) is 12.4. The van der Waals surface area contributed by atoms with E-state index in [4.69, 9.17) is 27.9 Å². The van der Waals surface area contributed by atoms with E-state index in [9.17, 15) is 18.0 Å². The standard InChI is InChI=1S/C30H35Cl2N3O5S/c1-30(2,3)33-29(37)27(17-21-9-7-6-8-10-21)34(19-22-11-12-23(31)18-26(22)32)28(36)20-35(41(5,38)39)24-13-15-25(40-4)16-14-24/h6-16,18,27H,17,19-20H2,1-5H3,(H,33,37). The molecule has 0 aliphatic heterocycles. The minimum absolute atomic E-state index is 0.0515. The number of hydrogen-bond acceptors (Lipinski definition) is 5. The Balaban J connectivity index is 2.09. The van der Waals surface area contributed by atoms with Gasteiger partial charge in [-0.1, -0.05) is 59.6 Å². The van der Waals surface area contributed by atoms with Gasteiger partial charge in [-0.05, 0) is 68.3 Å². The summed E-state index contributed by atoms with van der Waals surface area (Å²) in [5.41, 5.74) is 1.09. The summed E-state index contributed by atoms with van der Waals surface area (Å²) in [6, 6.07) is 19.6. The molecule has 1 N–H and O–H groups in total. The number of amides is 2. The van der Waals surface area contributed by atoms with Crippen LogP contribution in [-0.4, -0.2) is 56.6 Å². The fourth-order valence-electron chi connectivity index (χ4n) is 4.20. The van der Waals surface area contributed by atoms with Crippen LogP contribution in [0.25, 0.3) is 0 Å². The van der Waals surface area contributed by atoms with Crippen LogP contribution in [0.5, 0.6) is 5.75 Å². The molecule has 2 amide bonds. The Morgan fingerprint density at radius 3 is 2.15 bits per heavy atom. The summed E-state index contributed by atoms with van der Waals surface area (Å²) in [7, 11) is -2.38. The maximum Gasteiger partial charge on any atom is 0.244 e. The molecule has 8 nitrogen and oxygen atoms in total. The third-order valence-electron chi connectivity index (χ3n) is 6.16. The van der Waals surface area contributed by atoms with Crippen LogP contribution < -0.4 is 14.4 Å². The molecule has 0 aliphatic rings. The van der Waals surface area contributed by atoms with Crippen molar-refractivity contribution in [2.45, 2.75) is 45.3 Å². The second-order valence-corrected chi connectivity index (χ2v) is 13.4. The minimum Gasteiger partial charge on any atom is -0.497 e. The van der Waals surface area contributed by atoms with E-state index in [-0.39, 0.29) is 24.6 Å². The first-order valence-corrected chi connectivity index (χ1v) is 15.5. The molecule has 41 heavy (non-hydrogen) atoms. The second-order valence-electron chi connectivity index (χ2n) is 10.7. The van der Waals surface area contributed by atoms with Gasteiger partial charge in [0.2, 0.25) is 21.8 Å². The van der Waals surface area contributed by atoms with Gasteiger partial charge in [-0.25, -0.2) is 8.42 Å². The van der Waals surface area contributed by atoms with Crippen LogP contribution >= 0.6 is 23.2 Å². The summed E-state index contributed by atoms with van der Waals surface area (Å²) in [5, 5.41) is 3.72. The minimum atomic E-state index is -3.89. The van der Waals surface area contributed by atoms with Crippen molar-refractivity contribution < 1.29 is 22.7 Å². The van der Waals surface area contributed by atoms with E-state index in [1.165, 1.54) is 12.0 Å². The molecule has 0 saturated carbocycles. The molecule has 0 bridgehead atoms. The predicted molar refractivity (Wildman–Crippen MR) is 164 cm³/mol. The zero-order valence-corrected chi connectivity index (χ0v) is 26.1. The Bertz CT molecular complexity index is 1460. The summed E-state index contributed by atoms with van der Waals surface area (Å²) in [6.07, 6.45) is 1.22. The molecule has 220 valence electrons. The molecule has 0 saturated heterocycles. The Kier molecular flexibility index (Phi) is 10.7. The highest BCUT2D eigenvalue weighted by atomic mass is 35.5. The van der Waals surface area contributed by atoms with Gasteiger partial charge in [0.1, 0.15) is 18.3 Å². The Morgan fingerprint density at radius 2 is 1.61 bits per heavy atom. The van der Waals surface area contributed by atoms with Crippen LogP contribution in [0.4, 0.5) is 5.69 Å². The average molecular weight is 621 g/mol. The smallest absolute Gasteiger partial charge is 0.244 e. The fourth-order valence-corrected chi connectivity index (χ4v) is 5.52.